The van der Waals surface area contributed by atoms with Gasteiger partial charge in [-0.05, 0) is 39.2 Å². The van der Waals surface area contributed by atoms with Crippen LogP contribution in [0.1, 0.15) is 50.1 Å². The Hall–Kier alpha value is -0.610. The molecule has 1 fully saturated rings. The maximum Gasteiger partial charge on any atom is 0.186 e. The lowest BCUT2D eigenvalue weighted by Crippen LogP contribution is -2.39. The normalized spacial score (nSPS) is 20.4. The summed E-state index contributed by atoms with van der Waals surface area (Å²) in [6.45, 7) is 9.75. The van der Waals surface area contributed by atoms with Crippen molar-refractivity contribution >= 4 is 16.5 Å². The summed E-state index contributed by atoms with van der Waals surface area (Å²) < 4.78 is 0. The molecule has 1 aromatic heterocycles. The van der Waals surface area contributed by atoms with E-state index in [1.54, 1.807) is 0 Å². The highest BCUT2D eigenvalue weighted by Gasteiger charge is 2.24. The van der Waals surface area contributed by atoms with Crippen molar-refractivity contribution in [3.05, 3.63) is 10.6 Å². The van der Waals surface area contributed by atoms with Gasteiger partial charge in [0.25, 0.3) is 0 Å². The van der Waals surface area contributed by atoms with Crippen molar-refractivity contribution in [1.29, 1.82) is 0 Å². The van der Waals surface area contributed by atoms with E-state index in [-0.39, 0.29) is 0 Å². The Morgan fingerprint density at radius 1 is 1.39 bits per heavy atom. The summed E-state index contributed by atoms with van der Waals surface area (Å²) in [7, 11) is 0. The van der Waals surface area contributed by atoms with E-state index in [4.69, 9.17) is 4.98 Å². The molecule has 1 aromatic rings. The van der Waals surface area contributed by atoms with Crippen LogP contribution >= 0.6 is 11.3 Å². The highest BCUT2D eigenvalue weighted by atomic mass is 32.1. The molecule has 2 heterocycles. The van der Waals surface area contributed by atoms with Gasteiger partial charge in [-0.15, -0.1) is 11.3 Å². The van der Waals surface area contributed by atoms with Crippen molar-refractivity contribution in [2.75, 3.05) is 18.0 Å². The smallest absolute Gasteiger partial charge is 0.186 e. The van der Waals surface area contributed by atoms with E-state index in [0.29, 0.717) is 6.04 Å². The quantitative estimate of drug-likeness (QED) is 0.887. The van der Waals surface area contributed by atoms with Crippen molar-refractivity contribution < 1.29 is 0 Å². The van der Waals surface area contributed by atoms with Gasteiger partial charge in [-0.2, -0.15) is 0 Å². The second-order valence-electron chi connectivity index (χ2n) is 5.04. The van der Waals surface area contributed by atoms with Crippen molar-refractivity contribution in [3.8, 4) is 0 Å². The fourth-order valence-electron chi connectivity index (χ4n) is 2.61. The van der Waals surface area contributed by atoms with Crippen LogP contribution in [0.5, 0.6) is 0 Å². The molecule has 102 valence electrons. The van der Waals surface area contributed by atoms with Gasteiger partial charge in [0.15, 0.2) is 5.13 Å². The molecule has 18 heavy (non-hydrogen) atoms. The number of rotatable bonds is 5. The van der Waals surface area contributed by atoms with Crippen LogP contribution in [0.2, 0.25) is 0 Å². The first kappa shape index (κ1) is 13.8. The van der Waals surface area contributed by atoms with Crippen molar-refractivity contribution in [1.82, 2.24) is 10.3 Å². The molecule has 1 unspecified atom stereocenters. The van der Waals surface area contributed by atoms with Crippen LogP contribution in [-0.2, 0) is 6.54 Å². The van der Waals surface area contributed by atoms with Crippen LogP contribution in [0.25, 0.3) is 0 Å². The number of aromatic nitrogens is 1. The topological polar surface area (TPSA) is 28.2 Å². The molecular weight excluding hydrogens is 242 g/mol. The Morgan fingerprint density at radius 3 is 2.94 bits per heavy atom. The molecule has 1 aliphatic heterocycles. The van der Waals surface area contributed by atoms with Gasteiger partial charge in [0.1, 0.15) is 0 Å². The van der Waals surface area contributed by atoms with Gasteiger partial charge in [-0.25, -0.2) is 4.98 Å². The van der Waals surface area contributed by atoms with Gasteiger partial charge in [0.2, 0.25) is 0 Å². The van der Waals surface area contributed by atoms with Crippen LogP contribution in [0.4, 0.5) is 5.13 Å². The van der Waals surface area contributed by atoms with Crippen molar-refractivity contribution in [2.45, 2.75) is 59.0 Å². The minimum absolute atomic E-state index is 0.705. The molecular formula is C14H25N3S. The third-order valence-corrected chi connectivity index (χ3v) is 4.96. The summed E-state index contributed by atoms with van der Waals surface area (Å²) in [5.41, 5.74) is 1.20. The zero-order valence-corrected chi connectivity index (χ0v) is 12.6. The Labute approximate surface area is 115 Å². The average molecular weight is 267 g/mol. The fourth-order valence-corrected chi connectivity index (χ4v) is 3.74. The summed E-state index contributed by atoms with van der Waals surface area (Å²) in [5, 5.41) is 4.64. The molecule has 2 rings (SSSR count). The van der Waals surface area contributed by atoms with Crippen molar-refractivity contribution in [2.24, 2.45) is 0 Å². The summed E-state index contributed by atoms with van der Waals surface area (Å²) in [6.07, 6.45) is 5.26. The number of nitrogens with one attached hydrogen (secondary N) is 1. The van der Waals surface area contributed by atoms with Crippen LogP contribution < -0.4 is 10.2 Å². The van der Waals surface area contributed by atoms with E-state index in [9.17, 15) is 0 Å². The van der Waals surface area contributed by atoms with Crippen molar-refractivity contribution in [3.63, 3.8) is 0 Å². The van der Waals surface area contributed by atoms with Gasteiger partial charge >= 0.3 is 0 Å². The predicted octanol–water partition coefficient (Wildman–Crippen LogP) is 3.33. The van der Waals surface area contributed by atoms with E-state index in [0.717, 1.165) is 13.1 Å². The van der Waals surface area contributed by atoms with Gasteiger partial charge in [-0.3, -0.25) is 0 Å². The number of hydrogen-bond donors (Lipinski definition) is 1. The number of anilines is 1. The monoisotopic (exact) mass is 267 g/mol. The molecule has 0 spiro atoms. The van der Waals surface area contributed by atoms with Crippen LogP contribution in [0.3, 0.4) is 0 Å². The molecule has 3 nitrogen and oxygen atoms in total. The maximum absolute atomic E-state index is 4.79. The second-order valence-corrected chi connectivity index (χ2v) is 6.10. The summed E-state index contributed by atoms with van der Waals surface area (Å²) >= 11 is 1.88. The summed E-state index contributed by atoms with van der Waals surface area (Å²) in [6, 6.07) is 0.705. The predicted molar refractivity (Wildman–Crippen MR) is 79.5 cm³/mol. The molecule has 0 bridgehead atoms. The zero-order valence-electron chi connectivity index (χ0n) is 11.8. The highest BCUT2D eigenvalue weighted by molar-refractivity contribution is 7.15. The lowest BCUT2D eigenvalue weighted by molar-refractivity contribution is 0.449. The third kappa shape index (κ3) is 3.04. The van der Waals surface area contributed by atoms with Gasteiger partial charge in [0, 0.05) is 24.0 Å². The molecule has 0 amide bonds. The van der Waals surface area contributed by atoms with Gasteiger partial charge in [0.05, 0.1) is 5.69 Å². The first-order valence-electron chi connectivity index (χ1n) is 7.19. The average Bonchev–Trinajstić information content (AvgIpc) is 2.77. The zero-order chi connectivity index (χ0) is 13.0. The van der Waals surface area contributed by atoms with E-state index in [1.165, 1.54) is 47.9 Å². The minimum Gasteiger partial charge on any atom is -0.345 e. The number of hydrogen-bond acceptors (Lipinski definition) is 4. The molecule has 1 saturated heterocycles. The lowest BCUT2D eigenvalue weighted by atomic mass is 10.0. The lowest BCUT2D eigenvalue weighted by Gasteiger charge is -2.35. The summed E-state index contributed by atoms with van der Waals surface area (Å²) in [4.78, 5) is 8.72. The minimum atomic E-state index is 0.705. The number of piperidine rings is 1. The number of aryl methyl sites for hydroxylation is 1. The standard InChI is InChI=1S/C14H25N3S/c1-4-12-8-6-7-9-17(12)14-16-11(3)13(18-14)10-15-5-2/h12,15H,4-10H2,1-3H3. The molecule has 0 aliphatic carbocycles. The van der Waals surface area contributed by atoms with E-state index < -0.39 is 0 Å². The first-order chi connectivity index (χ1) is 8.76. The Bertz CT molecular complexity index is 375. The molecule has 0 radical (unpaired) electrons. The molecule has 0 aromatic carbocycles. The molecule has 1 N–H and O–H groups in total. The second kappa shape index (κ2) is 6.53. The van der Waals surface area contributed by atoms with Gasteiger partial charge in [-0.1, -0.05) is 13.8 Å². The van der Waals surface area contributed by atoms with E-state index in [2.05, 4.69) is 31.0 Å². The SMILES string of the molecule is CCNCc1sc(N2CCCCC2CC)nc1C. The highest BCUT2D eigenvalue weighted by Crippen LogP contribution is 2.31. The summed E-state index contributed by atoms with van der Waals surface area (Å²) in [5.74, 6) is 0. The van der Waals surface area contributed by atoms with Gasteiger partial charge < -0.3 is 10.2 Å². The Balaban J connectivity index is 2.11. The van der Waals surface area contributed by atoms with Crippen LogP contribution in [0, 0.1) is 6.92 Å². The number of thiazole rings is 1. The van der Waals surface area contributed by atoms with E-state index >= 15 is 0 Å². The maximum atomic E-state index is 4.79. The largest absolute Gasteiger partial charge is 0.345 e. The van der Waals surface area contributed by atoms with Crippen LogP contribution in [0.15, 0.2) is 0 Å². The number of nitrogens with zero attached hydrogens (tertiary/aromatic N) is 2. The Kier molecular flexibility index (Phi) is 5.01. The molecule has 1 aliphatic rings. The molecule has 0 saturated carbocycles. The fraction of sp³-hybridized carbons (Fsp3) is 0.786. The Morgan fingerprint density at radius 2 is 2.22 bits per heavy atom. The third-order valence-electron chi connectivity index (χ3n) is 3.76. The molecule has 1 atom stereocenters. The van der Waals surface area contributed by atoms with E-state index in [1.807, 2.05) is 11.3 Å². The van der Waals surface area contributed by atoms with Crippen LogP contribution in [-0.4, -0.2) is 24.1 Å². The first-order valence-corrected chi connectivity index (χ1v) is 8.01. The molecule has 4 heteroatoms.